The second kappa shape index (κ2) is 11.5. The van der Waals surface area contributed by atoms with E-state index in [9.17, 15) is 4.79 Å². The fourth-order valence-corrected chi connectivity index (χ4v) is 3.22. The number of nitrogens with zero attached hydrogens (tertiary/aromatic N) is 3. The summed E-state index contributed by atoms with van der Waals surface area (Å²) in [5, 5.41) is 17.6. The molecule has 0 heterocycles. The standard InChI is InChI=1S/C22H25N3O2/c23-17-20(18-24)10-7-13-25(21-11-5-2-6-12-21)14-15-27-22(26)16-19-8-3-1-4-9-19/h1,3-4,7-10,13,21H,2,5-6,11-12,14-16H2/b13-7+. The Morgan fingerprint density at radius 2 is 1.85 bits per heavy atom. The molecule has 1 aliphatic carbocycles. The van der Waals surface area contributed by atoms with Crippen molar-refractivity contribution in [3.63, 3.8) is 0 Å². The second-order valence-electron chi connectivity index (χ2n) is 6.56. The first-order valence-corrected chi connectivity index (χ1v) is 9.37. The van der Waals surface area contributed by atoms with E-state index >= 15 is 0 Å². The van der Waals surface area contributed by atoms with E-state index in [0.29, 0.717) is 19.2 Å². The largest absolute Gasteiger partial charge is 0.464 e. The number of carbonyl (C=O) groups is 1. The van der Waals surface area contributed by atoms with Crippen LogP contribution in [0.15, 0.2) is 54.3 Å². The van der Waals surface area contributed by atoms with Crippen LogP contribution in [0.4, 0.5) is 0 Å². The van der Waals surface area contributed by atoms with Gasteiger partial charge in [-0.3, -0.25) is 4.79 Å². The molecule has 1 aliphatic rings. The smallest absolute Gasteiger partial charge is 0.310 e. The Morgan fingerprint density at radius 3 is 2.52 bits per heavy atom. The van der Waals surface area contributed by atoms with Gasteiger partial charge in [0.2, 0.25) is 0 Å². The maximum absolute atomic E-state index is 12.0. The molecule has 27 heavy (non-hydrogen) atoms. The molecule has 0 bridgehead atoms. The lowest BCUT2D eigenvalue weighted by atomic mass is 9.94. The number of esters is 1. The topological polar surface area (TPSA) is 77.1 Å². The van der Waals surface area contributed by atoms with Gasteiger partial charge in [-0.1, -0.05) is 49.6 Å². The van der Waals surface area contributed by atoms with Crippen LogP contribution in [0.5, 0.6) is 0 Å². The molecule has 1 aromatic rings. The summed E-state index contributed by atoms with van der Waals surface area (Å²) >= 11 is 0. The van der Waals surface area contributed by atoms with Crippen LogP contribution in [0, 0.1) is 22.7 Å². The van der Waals surface area contributed by atoms with E-state index in [1.165, 1.54) is 25.3 Å². The highest BCUT2D eigenvalue weighted by Crippen LogP contribution is 2.22. The van der Waals surface area contributed by atoms with Gasteiger partial charge in [0.1, 0.15) is 24.3 Å². The minimum atomic E-state index is -0.232. The summed E-state index contributed by atoms with van der Waals surface area (Å²) in [6, 6.07) is 13.6. The third kappa shape index (κ3) is 7.38. The van der Waals surface area contributed by atoms with Crippen LogP contribution < -0.4 is 0 Å². The van der Waals surface area contributed by atoms with Gasteiger partial charge in [-0.2, -0.15) is 10.5 Å². The Morgan fingerprint density at radius 1 is 1.15 bits per heavy atom. The maximum Gasteiger partial charge on any atom is 0.310 e. The molecule has 0 atom stereocenters. The molecule has 5 nitrogen and oxygen atoms in total. The number of ether oxygens (including phenoxy) is 1. The molecular formula is C22H25N3O2. The van der Waals surface area contributed by atoms with Gasteiger partial charge in [0.25, 0.3) is 0 Å². The van der Waals surface area contributed by atoms with Crippen LogP contribution in [-0.4, -0.2) is 30.1 Å². The zero-order chi connectivity index (χ0) is 19.3. The monoisotopic (exact) mass is 363 g/mol. The van der Waals surface area contributed by atoms with Crippen molar-refractivity contribution in [3.05, 3.63) is 59.8 Å². The first-order chi connectivity index (χ1) is 13.2. The van der Waals surface area contributed by atoms with Crippen LogP contribution in [0.1, 0.15) is 37.7 Å². The van der Waals surface area contributed by atoms with Crippen molar-refractivity contribution >= 4 is 5.97 Å². The molecule has 0 amide bonds. The molecule has 2 rings (SSSR count). The molecule has 0 spiro atoms. The zero-order valence-corrected chi connectivity index (χ0v) is 15.5. The normalized spacial score (nSPS) is 14.1. The molecule has 1 aromatic carbocycles. The SMILES string of the molecule is N#CC(C#N)=C/C=C/N(CCOC(=O)Cc1ccccc1)C1CCCCC1. The summed E-state index contributed by atoms with van der Waals surface area (Å²) in [5.41, 5.74) is 1.02. The van der Waals surface area contributed by atoms with Crippen molar-refractivity contribution < 1.29 is 9.53 Å². The van der Waals surface area contributed by atoms with Gasteiger partial charge >= 0.3 is 5.97 Å². The maximum atomic E-state index is 12.0. The molecule has 0 aromatic heterocycles. The van der Waals surface area contributed by atoms with E-state index in [4.69, 9.17) is 15.3 Å². The highest BCUT2D eigenvalue weighted by Gasteiger charge is 2.18. The summed E-state index contributed by atoms with van der Waals surface area (Å²) in [6.45, 7) is 0.920. The van der Waals surface area contributed by atoms with Crippen molar-refractivity contribution in [1.82, 2.24) is 4.90 Å². The summed E-state index contributed by atoms with van der Waals surface area (Å²) in [7, 11) is 0. The average Bonchev–Trinajstić information content (AvgIpc) is 2.71. The van der Waals surface area contributed by atoms with Crippen LogP contribution in [0.2, 0.25) is 0 Å². The van der Waals surface area contributed by atoms with Crippen molar-refractivity contribution in [2.24, 2.45) is 0 Å². The van der Waals surface area contributed by atoms with E-state index in [1.807, 2.05) is 48.7 Å². The van der Waals surface area contributed by atoms with E-state index in [2.05, 4.69) is 4.90 Å². The lowest BCUT2D eigenvalue weighted by molar-refractivity contribution is -0.143. The number of allylic oxidation sites excluding steroid dienone is 3. The van der Waals surface area contributed by atoms with Crippen molar-refractivity contribution in [2.75, 3.05) is 13.2 Å². The summed E-state index contributed by atoms with van der Waals surface area (Å²) in [5.74, 6) is -0.232. The summed E-state index contributed by atoms with van der Waals surface area (Å²) < 4.78 is 5.40. The number of hydrogen-bond donors (Lipinski definition) is 0. The van der Waals surface area contributed by atoms with E-state index in [1.54, 1.807) is 6.08 Å². The van der Waals surface area contributed by atoms with Crippen LogP contribution in [0.3, 0.4) is 0 Å². The van der Waals surface area contributed by atoms with E-state index in [-0.39, 0.29) is 18.0 Å². The fraction of sp³-hybridized carbons (Fsp3) is 0.409. The Balaban J connectivity index is 1.88. The van der Waals surface area contributed by atoms with Crippen LogP contribution >= 0.6 is 0 Å². The lowest BCUT2D eigenvalue weighted by Gasteiger charge is -2.33. The summed E-state index contributed by atoms with van der Waals surface area (Å²) in [6.07, 6.45) is 11.3. The van der Waals surface area contributed by atoms with Crippen molar-refractivity contribution in [3.8, 4) is 12.1 Å². The average molecular weight is 363 g/mol. The van der Waals surface area contributed by atoms with Crippen LogP contribution in [-0.2, 0) is 16.0 Å². The van der Waals surface area contributed by atoms with E-state index < -0.39 is 0 Å². The predicted octanol–water partition coefficient (Wildman–Crippen LogP) is 3.89. The Hall–Kier alpha value is -3.05. The van der Waals surface area contributed by atoms with Gasteiger partial charge in [0.05, 0.1) is 13.0 Å². The molecular weight excluding hydrogens is 338 g/mol. The number of hydrogen-bond acceptors (Lipinski definition) is 5. The molecule has 0 aliphatic heterocycles. The fourth-order valence-electron chi connectivity index (χ4n) is 3.22. The summed E-state index contributed by atoms with van der Waals surface area (Å²) in [4.78, 5) is 14.2. The third-order valence-corrected chi connectivity index (χ3v) is 4.63. The van der Waals surface area contributed by atoms with Crippen molar-refractivity contribution in [1.29, 1.82) is 10.5 Å². The first-order valence-electron chi connectivity index (χ1n) is 9.37. The molecule has 0 radical (unpaired) electrons. The minimum absolute atomic E-state index is 0.0733. The minimum Gasteiger partial charge on any atom is -0.464 e. The second-order valence-corrected chi connectivity index (χ2v) is 6.56. The number of benzene rings is 1. The molecule has 1 saturated carbocycles. The van der Waals surface area contributed by atoms with Crippen LogP contribution in [0.25, 0.3) is 0 Å². The molecule has 0 unspecified atom stereocenters. The van der Waals surface area contributed by atoms with Gasteiger partial charge < -0.3 is 9.64 Å². The zero-order valence-electron chi connectivity index (χ0n) is 15.5. The van der Waals surface area contributed by atoms with Crippen molar-refractivity contribution in [2.45, 2.75) is 44.6 Å². The predicted molar refractivity (Wildman–Crippen MR) is 103 cm³/mol. The van der Waals surface area contributed by atoms with Gasteiger partial charge in [-0.25, -0.2) is 0 Å². The lowest BCUT2D eigenvalue weighted by Crippen LogP contribution is -2.35. The quantitative estimate of drug-likeness (QED) is 0.398. The molecule has 1 fully saturated rings. The molecule has 0 saturated heterocycles. The number of nitriles is 2. The van der Waals surface area contributed by atoms with Gasteiger partial charge in [0, 0.05) is 6.04 Å². The third-order valence-electron chi connectivity index (χ3n) is 4.63. The Kier molecular flexibility index (Phi) is 8.66. The highest BCUT2D eigenvalue weighted by atomic mass is 16.5. The highest BCUT2D eigenvalue weighted by molar-refractivity contribution is 5.72. The number of carbonyl (C=O) groups excluding carboxylic acids is 1. The molecule has 140 valence electrons. The number of rotatable bonds is 8. The Bertz CT molecular complexity index is 719. The van der Waals surface area contributed by atoms with Gasteiger partial charge in [-0.05, 0) is 36.8 Å². The molecule has 5 heteroatoms. The first kappa shape index (κ1) is 20.3. The Labute approximate surface area is 161 Å². The van der Waals surface area contributed by atoms with Gasteiger partial charge in [0.15, 0.2) is 0 Å². The molecule has 0 N–H and O–H groups in total. The van der Waals surface area contributed by atoms with E-state index in [0.717, 1.165) is 18.4 Å². The van der Waals surface area contributed by atoms with Gasteiger partial charge in [-0.15, -0.1) is 0 Å².